The van der Waals surface area contributed by atoms with Crippen LogP contribution in [0.5, 0.6) is 5.75 Å². The van der Waals surface area contributed by atoms with Gasteiger partial charge in [-0.05, 0) is 31.9 Å². The van der Waals surface area contributed by atoms with Gasteiger partial charge in [0.25, 0.3) is 0 Å². The highest BCUT2D eigenvalue weighted by molar-refractivity contribution is 5.75. The summed E-state index contributed by atoms with van der Waals surface area (Å²) in [7, 11) is 0. The van der Waals surface area contributed by atoms with E-state index < -0.39 is 6.10 Å². The number of benzene rings is 1. The first-order valence-electron chi connectivity index (χ1n) is 7.70. The molecule has 1 rings (SSSR count). The van der Waals surface area contributed by atoms with Crippen LogP contribution in [0.2, 0.25) is 0 Å². The van der Waals surface area contributed by atoms with Gasteiger partial charge < -0.3 is 14.8 Å². The topological polar surface area (TPSA) is 47.6 Å². The molecule has 1 unspecified atom stereocenters. The van der Waals surface area contributed by atoms with Gasteiger partial charge in [-0.3, -0.25) is 0 Å². The minimum atomic E-state index is -0.545. The molecule has 0 saturated heterocycles. The van der Waals surface area contributed by atoms with Crippen molar-refractivity contribution in [1.29, 1.82) is 0 Å². The number of hydrogen-bond donors (Lipinski definition) is 1. The molecule has 0 spiro atoms. The lowest BCUT2D eigenvalue weighted by Gasteiger charge is -2.18. The van der Waals surface area contributed by atoms with Gasteiger partial charge in [-0.1, -0.05) is 39.0 Å². The van der Waals surface area contributed by atoms with Crippen LogP contribution in [0.15, 0.2) is 24.3 Å². The Morgan fingerprint density at radius 3 is 2.57 bits per heavy atom. The summed E-state index contributed by atoms with van der Waals surface area (Å²) in [4.78, 5) is 11.8. The largest absolute Gasteiger partial charge is 0.478 e. The molecule has 0 aliphatic rings. The predicted octanol–water partition coefficient (Wildman–Crippen LogP) is 3.15. The Labute approximate surface area is 127 Å². The third-order valence-electron chi connectivity index (χ3n) is 3.03. The zero-order valence-electron chi connectivity index (χ0n) is 13.5. The number of rotatable bonds is 9. The van der Waals surface area contributed by atoms with Crippen LogP contribution < -0.4 is 10.1 Å². The van der Waals surface area contributed by atoms with E-state index in [2.05, 4.69) is 19.2 Å². The number of hydrogen-bond acceptors (Lipinski definition) is 4. The average molecular weight is 293 g/mol. The monoisotopic (exact) mass is 293 g/mol. The van der Waals surface area contributed by atoms with Crippen molar-refractivity contribution in [2.75, 3.05) is 13.2 Å². The molecule has 0 amide bonds. The molecule has 4 nitrogen and oxygen atoms in total. The SMILES string of the molecule is CCOC(=O)C(CC)Oc1ccccc1CNCC(C)C. The minimum absolute atomic E-state index is 0.301. The summed E-state index contributed by atoms with van der Waals surface area (Å²) in [6, 6.07) is 7.80. The van der Waals surface area contributed by atoms with Crippen molar-refractivity contribution in [3.8, 4) is 5.75 Å². The van der Waals surface area contributed by atoms with Crippen LogP contribution >= 0.6 is 0 Å². The first-order chi connectivity index (χ1) is 10.1. The summed E-state index contributed by atoms with van der Waals surface area (Å²) >= 11 is 0. The van der Waals surface area contributed by atoms with Gasteiger partial charge in [-0.25, -0.2) is 4.79 Å². The molecular weight excluding hydrogens is 266 g/mol. The molecule has 0 aliphatic heterocycles. The summed E-state index contributed by atoms with van der Waals surface area (Å²) in [6.45, 7) is 10.1. The van der Waals surface area contributed by atoms with E-state index in [0.717, 1.165) is 24.4 Å². The lowest BCUT2D eigenvalue weighted by Crippen LogP contribution is -2.29. The zero-order valence-corrected chi connectivity index (χ0v) is 13.5. The number of ether oxygens (including phenoxy) is 2. The van der Waals surface area contributed by atoms with Crippen LogP contribution in [0, 0.1) is 5.92 Å². The molecule has 0 bridgehead atoms. The molecule has 21 heavy (non-hydrogen) atoms. The Bertz CT molecular complexity index is 432. The lowest BCUT2D eigenvalue weighted by molar-refractivity contribution is -0.151. The fourth-order valence-electron chi connectivity index (χ4n) is 1.95. The quantitative estimate of drug-likeness (QED) is 0.711. The van der Waals surface area contributed by atoms with Crippen LogP contribution in [-0.4, -0.2) is 25.2 Å². The second-order valence-electron chi connectivity index (χ2n) is 5.40. The van der Waals surface area contributed by atoms with Gasteiger partial charge in [-0.2, -0.15) is 0 Å². The minimum Gasteiger partial charge on any atom is -0.478 e. The van der Waals surface area contributed by atoms with Gasteiger partial charge in [0.1, 0.15) is 5.75 Å². The van der Waals surface area contributed by atoms with E-state index in [1.54, 1.807) is 6.92 Å². The Balaban J connectivity index is 2.70. The summed E-state index contributed by atoms with van der Waals surface area (Å²) in [5.74, 6) is 1.04. The van der Waals surface area contributed by atoms with Gasteiger partial charge in [0.2, 0.25) is 0 Å². The van der Waals surface area contributed by atoms with Crippen LogP contribution in [0.3, 0.4) is 0 Å². The van der Waals surface area contributed by atoms with Gasteiger partial charge in [-0.15, -0.1) is 0 Å². The molecule has 0 fully saturated rings. The first-order valence-corrected chi connectivity index (χ1v) is 7.70. The Kier molecular flexibility index (Phi) is 7.83. The molecule has 118 valence electrons. The Morgan fingerprint density at radius 1 is 1.24 bits per heavy atom. The fourth-order valence-corrected chi connectivity index (χ4v) is 1.95. The van der Waals surface area contributed by atoms with Gasteiger partial charge in [0.15, 0.2) is 6.10 Å². The van der Waals surface area contributed by atoms with E-state index in [1.165, 1.54) is 0 Å². The molecular formula is C17H27NO3. The first kappa shape index (κ1) is 17.5. The molecule has 1 aromatic carbocycles. The van der Waals surface area contributed by atoms with Gasteiger partial charge in [0, 0.05) is 12.1 Å². The number of esters is 1. The van der Waals surface area contributed by atoms with E-state index in [0.29, 0.717) is 18.9 Å². The third kappa shape index (κ3) is 6.17. The standard InChI is InChI=1S/C17H27NO3/c1-5-15(17(19)20-6-2)21-16-10-8-7-9-14(16)12-18-11-13(3)4/h7-10,13,15,18H,5-6,11-12H2,1-4H3. The van der Waals surface area contributed by atoms with E-state index >= 15 is 0 Å². The average Bonchev–Trinajstić information content (AvgIpc) is 2.46. The highest BCUT2D eigenvalue weighted by Gasteiger charge is 2.20. The Morgan fingerprint density at radius 2 is 1.95 bits per heavy atom. The van der Waals surface area contributed by atoms with Crippen molar-refractivity contribution in [2.24, 2.45) is 5.92 Å². The van der Waals surface area contributed by atoms with E-state index in [1.807, 2.05) is 31.2 Å². The molecule has 0 saturated carbocycles. The van der Waals surface area contributed by atoms with Gasteiger partial charge >= 0.3 is 5.97 Å². The molecule has 1 aromatic rings. The van der Waals surface area contributed by atoms with Crippen LogP contribution in [0.1, 0.15) is 39.7 Å². The maximum Gasteiger partial charge on any atom is 0.347 e. The zero-order chi connectivity index (χ0) is 15.7. The van der Waals surface area contributed by atoms with Crippen molar-refractivity contribution < 1.29 is 14.3 Å². The molecule has 4 heteroatoms. The van der Waals surface area contributed by atoms with Crippen molar-refractivity contribution in [1.82, 2.24) is 5.32 Å². The molecule has 0 aliphatic carbocycles. The fraction of sp³-hybridized carbons (Fsp3) is 0.588. The van der Waals surface area contributed by atoms with Crippen molar-refractivity contribution in [3.63, 3.8) is 0 Å². The van der Waals surface area contributed by atoms with Crippen molar-refractivity contribution in [3.05, 3.63) is 29.8 Å². The maximum absolute atomic E-state index is 11.8. The maximum atomic E-state index is 11.8. The number of nitrogens with one attached hydrogen (secondary N) is 1. The number of carbonyl (C=O) groups excluding carboxylic acids is 1. The van der Waals surface area contributed by atoms with E-state index in [-0.39, 0.29) is 5.97 Å². The van der Waals surface area contributed by atoms with Crippen molar-refractivity contribution >= 4 is 5.97 Å². The molecule has 1 N–H and O–H groups in total. The van der Waals surface area contributed by atoms with Crippen LogP contribution in [-0.2, 0) is 16.1 Å². The highest BCUT2D eigenvalue weighted by Crippen LogP contribution is 2.20. The van der Waals surface area contributed by atoms with E-state index in [4.69, 9.17) is 9.47 Å². The lowest BCUT2D eigenvalue weighted by atomic mass is 10.1. The summed E-state index contributed by atoms with van der Waals surface area (Å²) in [5, 5.41) is 3.39. The van der Waals surface area contributed by atoms with E-state index in [9.17, 15) is 4.79 Å². The molecule has 1 atom stereocenters. The smallest absolute Gasteiger partial charge is 0.347 e. The van der Waals surface area contributed by atoms with Gasteiger partial charge in [0.05, 0.1) is 6.61 Å². The molecule has 0 aromatic heterocycles. The molecule has 0 heterocycles. The van der Waals surface area contributed by atoms with Crippen LogP contribution in [0.25, 0.3) is 0 Å². The second kappa shape index (κ2) is 9.40. The molecule has 0 radical (unpaired) electrons. The third-order valence-corrected chi connectivity index (χ3v) is 3.03. The summed E-state index contributed by atoms with van der Waals surface area (Å²) in [6.07, 6.45) is 0.0447. The second-order valence-corrected chi connectivity index (χ2v) is 5.40. The predicted molar refractivity (Wildman–Crippen MR) is 84.3 cm³/mol. The highest BCUT2D eigenvalue weighted by atomic mass is 16.6. The summed E-state index contributed by atoms with van der Waals surface area (Å²) < 4.78 is 10.9. The number of para-hydroxylation sites is 1. The normalized spacial score (nSPS) is 12.2. The number of carbonyl (C=O) groups is 1. The van der Waals surface area contributed by atoms with Crippen molar-refractivity contribution in [2.45, 2.75) is 46.8 Å². The van der Waals surface area contributed by atoms with Crippen LogP contribution in [0.4, 0.5) is 0 Å². The Hall–Kier alpha value is -1.55. The summed E-state index contributed by atoms with van der Waals surface area (Å²) in [5.41, 5.74) is 1.06.